The van der Waals surface area contributed by atoms with Gasteiger partial charge in [0, 0.05) is 30.7 Å². The summed E-state index contributed by atoms with van der Waals surface area (Å²) in [6.45, 7) is 12.6. The molecule has 0 saturated carbocycles. The summed E-state index contributed by atoms with van der Waals surface area (Å²) in [7, 11) is 0. The van der Waals surface area contributed by atoms with E-state index in [-0.39, 0.29) is 30.1 Å². The Morgan fingerprint density at radius 1 is 1.17 bits per heavy atom. The van der Waals surface area contributed by atoms with Crippen molar-refractivity contribution >= 4 is 17.6 Å². The normalized spacial score (nSPS) is 17.8. The van der Waals surface area contributed by atoms with Crippen LogP contribution in [0.4, 0.5) is 10.5 Å². The molecule has 1 N–H and O–H groups in total. The highest BCUT2D eigenvalue weighted by Gasteiger charge is 2.33. The average molecular weight is 331 g/mol. The van der Waals surface area contributed by atoms with Crippen LogP contribution in [0.3, 0.4) is 0 Å². The quantitative estimate of drug-likeness (QED) is 0.921. The summed E-state index contributed by atoms with van der Waals surface area (Å²) in [6.07, 6.45) is 0.350. The van der Waals surface area contributed by atoms with E-state index in [2.05, 4.69) is 12.2 Å². The van der Waals surface area contributed by atoms with Crippen LogP contribution in [0.5, 0.6) is 0 Å². The molecule has 24 heavy (non-hydrogen) atoms. The van der Waals surface area contributed by atoms with Gasteiger partial charge in [-0.25, -0.2) is 4.79 Å². The predicted molar refractivity (Wildman–Crippen MR) is 97.3 cm³/mol. The molecule has 5 nitrogen and oxygen atoms in total. The Bertz CT molecular complexity index is 617. The maximum Gasteiger partial charge on any atom is 0.318 e. The van der Waals surface area contributed by atoms with Crippen molar-refractivity contribution in [1.29, 1.82) is 0 Å². The van der Waals surface area contributed by atoms with Gasteiger partial charge >= 0.3 is 6.03 Å². The fraction of sp³-hybridized carbons (Fsp3) is 0.579. The molecule has 5 heteroatoms. The van der Waals surface area contributed by atoms with Crippen LogP contribution in [0.25, 0.3) is 0 Å². The molecule has 0 radical (unpaired) electrons. The maximum atomic E-state index is 12.5. The molecule has 1 aliphatic rings. The smallest absolute Gasteiger partial charge is 0.318 e. The van der Waals surface area contributed by atoms with Gasteiger partial charge in [0.15, 0.2) is 0 Å². The molecule has 2 rings (SSSR count). The monoisotopic (exact) mass is 331 g/mol. The van der Waals surface area contributed by atoms with Crippen LogP contribution in [0.2, 0.25) is 0 Å². The molecule has 0 spiro atoms. The number of urea groups is 1. The summed E-state index contributed by atoms with van der Waals surface area (Å²) in [6, 6.07) is 6.04. The Morgan fingerprint density at radius 3 is 2.33 bits per heavy atom. The maximum absolute atomic E-state index is 12.5. The second kappa shape index (κ2) is 7.24. The minimum absolute atomic E-state index is 0.0594. The lowest BCUT2D eigenvalue weighted by Gasteiger charge is -2.32. The Balaban J connectivity index is 2.06. The summed E-state index contributed by atoms with van der Waals surface area (Å²) < 4.78 is 0. The molecule has 1 heterocycles. The fourth-order valence-electron chi connectivity index (χ4n) is 3.26. The highest BCUT2D eigenvalue weighted by atomic mass is 16.2. The van der Waals surface area contributed by atoms with E-state index in [1.165, 1.54) is 11.1 Å². The van der Waals surface area contributed by atoms with Gasteiger partial charge in [-0.1, -0.05) is 6.07 Å². The highest BCUT2D eigenvalue weighted by molar-refractivity contribution is 5.97. The molecule has 0 aliphatic carbocycles. The van der Waals surface area contributed by atoms with Crippen LogP contribution in [-0.2, 0) is 4.79 Å². The van der Waals surface area contributed by atoms with Crippen molar-refractivity contribution in [3.05, 3.63) is 29.3 Å². The van der Waals surface area contributed by atoms with Gasteiger partial charge in [0.2, 0.25) is 5.91 Å². The van der Waals surface area contributed by atoms with Crippen LogP contribution < -0.4 is 10.2 Å². The largest absolute Gasteiger partial charge is 0.333 e. The second-order valence-electron chi connectivity index (χ2n) is 7.22. The Morgan fingerprint density at radius 2 is 1.79 bits per heavy atom. The first-order valence-electron chi connectivity index (χ1n) is 8.67. The molecule has 132 valence electrons. The first kappa shape index (κ1) is 18.3. The van der Waals surface area contributed by atoms with Crippen molar-refractivity contribution in [1.82, 2.24) is 10.2 Å². The Hall–Kier alpha value is -2.04. The molecule has 0 unspecified atom stereocenters. The zero-order valence-corrected chi connectivity index (χ0v) is 15.6. The van der Waals surface area contributed by atoms with Crippen LogP contribution in [-0.4, -0.2) is 41.5 Å². The van der Waals surface area contributed by atoms with Gasteiger partial charge in [0.05, 0.1) is 6.04 Å². The van der Waals surface area contributed by atoms with Gasteiger partial charge in [0.1, 0.15) is 0 Å². The van der Waals surface area contributed by atoms with E-state index in [1.807, 2.05) is 57.7 Å². The highest BCUT2D eigenvalue weighted by Crippen LogP contribution is 2.24. The minimum atomic E-state index is -0.147. The number of nitrogens with one attached hydrogen (secondary N) is 1. The number of carbonyl (C=O) groups is 2. The lowest BCUT2D eigenvalue weighted by Crippen LogP contribution is -2.51. The van der Waals surface area contributed by atoms with Crippen molar-refractivity contribution < 1.29 is 9.59 Å². The number of carbonyl (C=O) groups excluding carboxylic acids is 2. The average Bonchev–Trinajstić information content (AvgIpc) is 2.81. The number of hydrogen-bond donors (Lipinski definition) is 1. The third-order valence-electron chi connectivity index (χ3n) is 4.60. The topological polar surface area (TPSA) is 52.7 Å². The molecule has 1 fully saturated rings. The van der Waals surface area contributed by atoms with Crippen LogP contribution in [0, 0.1) is 13.8 Å². The number of hydrogen-bond acceptors (Lipinski definition) is 2. The molecule has 1 saturated heterocycles. The number of anilines is 1. The van der Waals surface area contributed by atoms with Crippen molar-refractivity contribution in [2.75, 3.05) is 11.4 Å². The third kappa shape index (κ3) is 3.89. The first-order chi connectivity index (χ1) is 11.2. The molecule has 3 amide bonds. The molecule has 1 aromatic carbocycles. The van der Waals surface area contributed by atoms with Gasteiger partial charge in [-0.05, 0) is 64.8 Å². The zero-order chi connectivity index (χ0) is 18.0. The van der Waals surface area contributed by atoms with Crippen molar-refractivity contribution in [3.63, 3.8) is 0 Å². The van der Waals surface area contributed by atoms with Gasteiger partial charge < -0.3 is 15.1 Å². The van der Waals surface area contributed by atoms with Crippen molar-refractivity contribution in [3.8, 4) is 0 Å². The SMILES string of the molecule is Cc1ccc(N2C[C@H](NC(=O)N(C(C)C)C(C)C)CC2=O)cc1C. The molecule has 1 aliphatic heterocycles. The lowest BCUT2D eigenvalue weighted by molar-refractivity contribution is -0.117. The molecule has 0 bridgehead atoms. The Labute approximate surface area is 145 Å². The van der Waals surface area contributed by atoms with Gasteiger partial charge in [-0.2, -0.15) is 0 Å². The van der Waals surface area contributed by atoms with Crippen LogP contribution >= 0.6 is 0 Å². The van der Waals surface area contributed by atoms with Crippen molar-refractivity contribution in [2.24, 2.45) is 0 Å². The number of rotatable bonds is 4. The van der Waals surface area contributed by atoms with E-state index >= 15 is 0 Å². The summed E-state index contributed by atoms with van der Waals surface area (Å²) in [4.78, 5) is 28.5. The summed E-state index contributed by atoms with van der Waals surface area (Å²) in [5.74, 6) is 0.0594. The summed E-state index contributed by atoms with van der Waals surface area (Å²) >= 11 is 0. The third-order valence-corrected chi connectivity index (χ3v) is 4.60. The molecular formula is C19H29N3O2. The predicted octanol–water partition coefficient (Wildman–Crippen LogP) is 3.24. The number of nitrogens with zero attached hydrogens (tertiary/aromatic N) is 2. The standard InChI is InChI=1S/C19H29N3O2/c1-12(2)22(13(3)4)19(24)20-16-10-18(23)21(11-16)17-8-7-14(5)15(6)9-17/h7-9,12-13,16H,10-11H2,1-6H3,(H,20,24)/t16-/m1/s1. The van der Waals surface area contributed by atoms with Gasteiger partial charge in [-0.3, -0.25) is 4.79 Å². The Kier molecular flexibility index (Phi) is 5.52. The first-order valence-corrected chi connectivity index (χ1v) is 8.67. The van der Waals surface area contributed by atoms with Gasteiger partial charge in [-0.15, -0.1) is 0 Å². The zero-order valence-electron chi connectivity index (χ0n) is 15.6. The van der Waals surface area contributed by atoms with E-state index < -0.39 is 0 Å². The second-order valence-corrected chi connectivity index (χ2v) is 7.22. The summed E-state index contributed by atoms with van der Waals surface area (Å²) in [5.41, 5.74) is 3.28. The molecule has 1 atom stereocenters. The number of aryl methyl sites for hydroxylation is 2. The van der Waals surface area contributed by atoms with Crippen LogP contribution in [0.1, 0.15) is 45.2 Å². The molecule has 1 aromatic rings. The van der Waals surface area contributed by atoms with E-state index in [0.717, 1.165) is 5.69 Å². The minimum Gasteiger partial charge on any atom is -0.333 e. The lowest BCUT2D eigenvalue weighted by atomic mass is 10.1. The van der Waals surface area contributed by atoms with Gasteiger partial charge in [0.25, 0.3) is 0 Å². The molecule has 0 aromatic heterocycles. The van der Waals surface area contributed by atoms with E-state index in [4.69, 9.17) is 0 Å². The summed E-state index contributed by atoms with van der Waals surface area (Å²) in [5, 5.41) is 3.02. The van der Waals surface area contributed by atoms with E-state index in [9.17, 15) is 9.59 Å². The van der Waals surface area contributed by atoms with Crippen molar-refractivity contribution in [2.45, 2.75) is 66.1 Å². The fourth-order valence-corrected chi connectivity index (χ4v) is 3.26. The van der Waals surface area contributed by atoms with Crippen LogP contribution in [0.15, 0.2) is 18.2 Å². The number of benzene rings is 1. The van der Waals surface area contributed by atoms with E-state index in [1.54, 1.807) is 4.90 Å². The number of amides is 3. The van der Waals surface area contributed by atoms with E-state index in [0.29, 0.717) is 13.0 Å². The molecular weight excluding hydrogens is 302 g/mol.